The van der Waals surface area contributed by atoms with Gasteiger partial charge in [-0.3, -0.25) is 10.00 Å². The first-order chi connectivity index (χ1) is 15.9. The summed E-state index contributed by atoms with van der Waals surface area (Å²) in [6.07, 6.45) is 3.62. The molecule has 1 aromatic carbocycles. The Morgan fingerprint density at radius 2 is 1.82 bits per heavy atom. The summed E-state index contributed by atoms with van der Waals surface area (Å²) in [5, 5.41) is 12.4. The van der Waals surface area contributed by atoms with E-state index in [9.17, 15) is 0 Å². The number of hydrogen-bond acceptors (Lipinski definition) is 5. The minimum atomic E-state index is 0.320. The number of ether oxygens (including phenoxy) is 1. The molecule has 2 saturated heterocycles. The molecule has 3 aromatic heterocycles. The number of likely N-dealkylation sites (tertiary alicyclic amines) is 1. The maximum atomic E-state index is 5.42. The van der Waals surface area contributed by atoms with Gasteiger partial charge in [-0.25, -0.2) is 9.50 Å². The minimum absolute atomic E-state index is 0.320. The summed E-state index contributed by atoms with van der Waals surface area (Å²) in [6, 6.07) is 11.5. The van der Waals surface area contributed by atoms with Crippen LogP contribution in [0.3, 0.4) is 0 Å². The highest BCUT2D eigenvalue weighted by Gasteiger charge is 2.50. The van der Waals surface area contributed by atoms with E-state index in [2.05, 4.69) is 78.1 Å². The molecule has 0 bridgehead atoms. The fraction of sp³-hybridized carbons (Fsp3) is 0.423. The SMILES string of the molecule is Cc1cc(-c2[nH]nc(-c3ccc(C(C)N4CC5(COC5)C4)cc3)c2C(C)C)cn2ncnc12. The van der Waals surface area contributed by atoms with Crippen LogP contribution in [0.4, 0.5) is 0 Å². The normalized spacial score (nSPS) is 18.6. The van der Waals surface area contributed by atoms with E-state index >= 15 is 0 Å². The van der Waals surface area contributed by atoms with Gasteiger partial charge < -0.3 is 4.74 Å². The lowest BCUT2D eigenvalue weighted by Gasteiger charge is -2.57. The third-order valence-corrected chi connectivity index (χ3v) is 7.34. The lowest BCUT2D eigenvalue weighted by Crippen LogP contribution is -2.66. The second-order valence-electron chi connectivity index (χ2n) is 10.2. The fourth-order valence-corrected chi connectivity index (χ4v) is 5.38. The first kappa shape index (κ1) is 20.6. The van der Waals surface area contributed by atoms with Crippen LogP contribution in [0.5, 0.6) is 0 Å². The van der Waals surface area contributed by atoms with Crippen LogP contribution in [0.15, 0.2) is 42.9 Å². The lowest BCUT2D eigenvalue weighted by molar-refractivity contribution is -0.197. The van der Waals surface area contributed by atoms with Crippen molar-refractivity contribution in [2.45, 2.75) is 39.7 Å². The van der Waals surface area contributed by atoms with E-state index in [4.69, 9.17) is 9.84 Å². The quantitative estimate of drug-likeness (QED) is 0.489. The van der Waals surface area contributed by atoms with Crippen molar-refractivity contribution in [2.75, 3.05) is 26.3 Å². The Kier molecular flexibility index (Phi) is 4.67. The first-order valence-electron chi connectivity index (χ1n) is 11.7. The van der Waals surface area contributed by atoms with Crippen LogP contribution in [0.2, 0.25) is 0 Å². The second-order valence-corrected chi connectivity index (χ2v) is 10.2. The van der Waals surface area contributed by atoms with Gasteiger partial charge in [0, 0.05) is 47.4 Å². The fourth-order valence-electron chi connectivity index (χ4n) is 5.38. The highest BCUT2D eigenvalue weighted by atomic mass is 16.5. The van der Waals surface area contributed by atoms with Gasteiger partial charge in [-0.05, 0) is 37.0 Å². The van der Waals surface area contributed by atoms with Crippen LogP contribution in [-0.4, -0.2) is 56.0 Å². The van der Waals surface area contributed by atoms with Crippen molar-refractivity contribution in [3.8, 4) is 22.5 Å². The molecule has 0 radical (unpaired) electrons. The summed E-state index contributed by atoms with van der Waals surface area (Å²) >= 11 is 0. The van der Waals surface area contributed by atoms with Gasteiger partial charge in [0.2, 0.25) is 0 Å². The van der Waals surface area contributed by atoms with Crippen molar-refractivity contribution in [1.82, 2.24) is 29.7 Å². The summed E-state index contributed by atoms with van der Waals surface area (Å²) in [5.41, 5.74) is 9.28. The Hall–Kier alpha value is -3.03. The first-order valence-corrected chi connectivity index (χ1v) is 11.7. The van der Waals surface area contributed by atoms with E-state index < -0.39 is 0 Å². The van der Waals surface area contributed by atoms with E-state index in [0.29, 0.717) is 17.4 Å². The van der Waals surface area contributed by atoms with Gasteiger partial charge in [0.1, 0.15) is 6.33 Å². The van der Waals surface area contributed by atoms with Crippen molar-refractivity contribution >= 4 is 5.65 Å². The number of aromatic amines is 1. The van der Waals surface area contributed by atoms with Crippen molar-refractivity contribution in [3.05, 3.63) is 59.5 Å². The summed E-state index contributed by atoms with van der Waals surface area (Å²) in [6.45, 7) is 13.0. The Bertz CT molecular complexity index is 1310. The molecule has 33 heavy (non-hydrogen) atoms. The van der Waals surface area contributed by atoms with Gasteiger partial charge in [0.05, 0.1) is 24.6 Å². The number of fused-ring (bicyclic) bond motifs is 1. The highest BCUT2D eigenvalue weighted by Crippen LogP contribution is 2.42. The largest absolute Gasteiger partial charge is 0.380 e. The molecule has 170 valence electrons. The third kappa shape index (κ3) is 3.30. The Morgan fingerprint density at radius 1 is 1.06 bits per heavy atom. The molecule has 0 aliphatic carbocycles. The topological polar surface area (TPSA) is 71.3 Å². The maximum absolute atomic E-state index is 5.42. The van der Waals surface area contributed by atoms with Crippen molar-refractivity contribution in [2.24, 2.45) is 5.41 Å². The minimum Gasteiger partial charge on any atom is -0.380 e. The van der Waals surface area contributed by atoms with E-state index in [1.165, 1.54) is 11.1 Å². The number of benzene rings is 1. The van der Waals surface area contributed by atoms with Crippen LogP contribution in [-0.2, 0) is 4.74 Å². The number of aryl methyl sites for hydroxylation is 1. The van der Waals surface area contributed by atoms with E-state index in [1.807, 2.05) is 10.7 Å². The van der Waals surface area contributed by atoms with Gasteiger partial charge in [-0.1, -0.05) is 38.1 Å². The molecule has 1 unspecified atom stereocenters. The molecular weight excluding hydrogens is 412 g/mol. The van der Waals surface area contributed by atoms with Gasteiger partial charge in [-0.2, -0.15) is 10.2 Å². The van der Waals surface area contributed by atoms with Crippen LogP contribution in [0.25, 0.3) is 28.2 Å². The van der Waals surface area contributed by atoms with Gasteiger partial charge in [0.25, 0.3) is 0 Å². The number of H-pyrrole nitrogens is 1. The number of nitrogens with one attached hydrogen (secondary N) is 1. The molecule has 6 rings (SSSR count). The lowest BCUT2D eigenvalue weighted by atomic mass is 9.76. The Balaban J connectivity index is 1.30. The molecule has 2 fully saturated rings. The predicted molar refractivity (Wildman–Crippen MR) is 128 cm³/mol. The number of nitrogens with zero attached hydrogens (tertiary/aromatic N) is 5. The summed E-state index contributed by atoms with van der Waals surface area (Å²) in [4.78, 5) is 6.89. The summed E-state index contributed by atoms with van der Waals surface area (Å²) in [5.74, 6) is 0.320. The molecule has 4 aromatic rings. The second kappa shape index (κ2) is 7.50. The molecule has 1 atom stereocenters. The molecule has 5 heterocycles. The number of aromatic nitrogens is 5. The third-order valence-electron chi connectivity index (χ3n) is 7.34. The van der Waals surface area contributed by atoms with E-state index in [-0.39, 0.29) is 0 Å². The highest BCUT2D eigenvalue weighted by molar-refractivity contribution is 5.76. The molecule has 7 nitrogen and oxygen atoms in total. The number of pyridine rings is 1. The van der Waals surface area contributed by atoms with Crippen molar-refractivity contribution in [3.63, 3.8) is 0 Å². The Morgan fingerprint density at radius 3 is 2.48 bits per heavy atom. The molecule has 2 aliphatic heterocycles. The van der Waals surface area contributed by atoms with E-state index in [0.717, 1.165) is 60.0 Å². The standard InChI is InChI=1S/C26H30N6O/c1-16(2)22-23(29-30-24(22)21-9-17(3)25-27-15-28-32(25)10-21)20-7-5-19(6-8-20)18(4)31-11-26(12-31)13-33-14-26/h5-10,15-16,18H,11-14H2,1-4H3,(H,29,30). The van der Waals surface area contributed by atoms with Gasteiger partial charge in [-0.15, -0.1) is 0 Å². The molecule has 1 spiro atoms. The maximum Gasteiger partial charge on any atom is 0.158 e. The summed E-state index contributed by atoms with van der Waals surface area (Å²) in [7, 11) is 0. The summed E-state index contributed by atoms with van der Waals surface area (Å²) < 4.78 is 7.26. The van der Waals surface area contributed by atoms with Crippen LogP contribution in [0, 0.1) is 12.3 Å². The average molecular weight is 443 g/mol. The molecular formula is C26H30N6O. The smallest absolute Gasteiger partial charge is 0.158 e. The van der Waals surface area contributed by atoms with Crippen LogP contribution in [0.1, 0.15) is 49.4 Å². The van der Waals surface area contributed by atoms with Crippen molar-refractivity contribution < 1.29 is 4.74 Å². The molecule has 7 heteroatoms. The van der Waals surface area contributed by atoms with Gasteiger partial charge in [0.15, 0.2) is 5.65 Å². The molecule has 0 saturated carbocycles. The predicted octanol–water partition coefficient (Wildman–Crippen LogP) is 4.61. The Labute approximate surface area is 193 Å². The van der Waals surface area contributed by atoms with Crippen LogP contribution >= 0.6 is 0 Å². The number of hydrogen-bond donors (Lipinski definition) is 1. The molecule has 2 aliphatic rings. The van der Waals surface area contributed by atoms with Crippen LogP contribution < -0.4 is 0 Å². The zero-order valence-corrected chi connectivity index (χ0v) is 19.7. The molecule has 1 N–H and O–H groups in total. The molecule has 0 amide bonds. The zero-order chi connectivity index (χ0) is 22.7. The van der Waals surface area contributed by atoms with Gasteiger partial charge >= 0.3 is 0 Å². The number of rotatable bonds is 5. The van der Waals surface area contributed by atoms with Crippen molar-refractivity contribution in [1.29, 1.82) is 0 Å². The monoisotopic (exact) mass is 442 g/mol. The zero-order valence-electron chi connectivity index (χ0n) is 19.7. The average Bonchev–Trinajstić information content (AvgIpc) is 3.39. The van der Waals surface area contributed by atoms with E-state index in [1.54, 1.807) is 6.33 Å².